The monoisotopic (exact) mass is 326 g/mol. The average molecular weight is 326 g/mol. The highest BCUT2D eigenvalue weighted by Crippen LogP contribution is 2.11. The van der Waals surface area contributed by atoms with E-state index in [1.807, 2.05) is 6.92 Å². The van der Waals surface area contributed by atoms with E-state index in [9.17, 15) is 0 Å². The first kappa shape index (κ1) is 17.2. The molecule has 6 nitrogen and oxygen atoms in total. The smallest absolute Gasteiger partial charge is 0.191 e. The Balaban J connectivity index is 1.51. The number of hydrogen-bond donors (Lipinski definition) is 2. The van der Waals surface area contributed by atoms with Crippen LogP contribution >= 0.6 is 11.3 Å². The van der Waals surface area contributed by atoms with E-state index in [1.54, 1.807) is 18.4 Å². The number of aliphatic imine (C=N–C) groups is 1. The normalized spacial score (nSPS) is 18.6. The summed E-state index contributed by atoms with van der Waals surface area (Å²) in [6.45, 7) is 5.81. The maximum atomic E-state index is 5.61. The Morgan fingerprint density at radius 1 is 1.50 bits per heavy atom. The second-order valence-electron chi connectivity index (χ2n) is 5.24. The Morgan fingerprint density at radius 2 is 2.36 bits per heavy atom. The van der Waals surface area contributed by atoms with Crippen molar-refractivity contribution in [2.24, 2.45) is 4.99 Å². The van der Waals surface area contributed by atoms with Crippen molar-refractivity contribution in [2.75, 3.05) is 40.0 Å². The van der Waals surface area contributed by atoms with Crippen LogP contribution in [0, 0.1) is 6.92 Å². The number of hydrogen-bond acceptors (Lipinski definition) is 5. The van der Waals surface area contributed by atoms with Gasteiger partial charge in [0, 0.05) is 38.5 Å². The number of nitrogens with zero attached hydrogens (tertiary/aromatic N) is 2. The van der Waals surface area contributed by atoms with Gasteiger partial charge in [-0.15, -0.1) is 11.3 Å². The van der Waals surface area contributed by atoms with Crippen molar-refractivity contribution in [3.05, 3.63) is 16.1 Å². The fourth-order valence-electron chi connectivity index (χ4n) is 2.28. The highest BCUT2D eigenvalue weighted by Gasteiger charge is 2.14. The van der Waals surface area contributed by atoms with Crippen LogP contribution in [0.3, 0.4) is 0 Å². The minimum atomic E-state index is 0.291. The number of aryl methyl sites for hydroxylation is 1. The van der Waals surface area contributed by atoms with Gasteiger partial charge in [-0.3, -0.25) is 4.99 Å². The molecule has 2 N–H and O–H groups in total. The molecule has 0 aromatic carbocycles. The topological polar surface area (TPSA) is 67.8 Å². The Morgan fingerprint density at radius 3 is 3.05 bits per heavy atom. The molecule has 1 aromatic heterocycles. The molecular formula is C15H26N4O2S. The molecule has 0 radical (unpaired) electrons. The zero-order valence-electron chi connectivity index (χ0n) is 13.4. The molecular weight excluding hydrogens is 300 g/mol. The van der Waals surface area contributed by atoms with Crippen LogP contribution in [-0.4, -0.2) is 57.0 Å². The van der Waals surface area contributed by atoms with Crippen LogP contribution in [0.4, 0.5) is 0 Å². The molecule has 1 saturated heterocycles. The number of rotatable bonds is 8. The first-order valence-corrected chi connectivity index (χ1v) is 8.71. The molecule has 22 heavy (non-hydrogen) atoms. The van der Waals surface area contributed by atoms with Gasteiger partial charge in [-0.25, -0.2) is 4.98 Å². The van der Waals surface area contributed by atoms with Crippen molar-refractivity contribution >= 4 is 17.3 Å². The lowest BCUT2D eigenvalue weighted by Gasteiger charge is -2.13. The number of ether oxygens (including phenoxy) is 2. The van der Waals surface area contributed by atoms with Gasteiger partial charge in [-0.2, -0.15) is 0 Å². The minimum absolute atomic E-state index is 0.291. The SMILES string of the molecule is CN=C(NCCOCC1CCCO1)NCCc1csc(C)n1. The van der Waals surface area contributed by atoms with E-state index in [4.69, 9.17) is 9.47 Å². The van der Waals surface area contributed by atoms with Gasteiger partial charge in [-0.1, -0.05) is 0 Å². The van der Waals surface area contributed by atoms with E-state index in [1.165, 1.54) is 0 Å². The molecule has 0 saturated carbocycles. The van der Waals surface area contributed by atoms with Crippen LogP contribution in [0.2, 0.25) is 0 Å². The summed E-state index contributed by atoms with van der Waals surface area (Å²) in [6.07, 6.45) is 3.47. The van der Waals surface area contributed by atoms with Gasteiger partial charge >= 0.3 is 0 Å². The molecule has 0 bridgehead atoms. The predicted octanol–water partition coefficient (Wildman–Crippen LogP) is 1.35. The summed E-state index contributed by atoms with van der Waals surface area (Å²) in [5.41, 5.74) is 1.13. The molecule has 124 valence electrons. The second kappa shape index (κ2) is 9.76. The second-order valence-corrected chi connectivity index (χ2v) is 6.31. The van der Waals surface area contributed by atoms with E-state index in [0.717, 1.165) is 55.6 Å². The third-order valence-corrected chi connectivity index (χ3v) is 4.25. The van der Waals surface area contributed by atoms with Crippen LogP contribution in [0.5, 0.6) is 0 Å². The fraction of sp³-hybridized carbons (Fsp3) is 0.733. The van der Waals surface area contributed by atoms with Gasteiger partial charge in [-0.05, 0) is 19.8 Å². The van der Waals surface area contributed by atoms with Crippen LogP contribution in [0.15, 0.2) is 10.4 Å². The molecule has 1 aliphatic rings. The molecule has 1 aromatic rings. The van der Waals surface area contributed by atoms with Gasteiger partial charge in [0.05, 0.1) is 30.0 Å². The van der Waals surface area contributed by atoms with Crippen molar-refractivity contribution < 1.29 is 9.47 Å². The molecule has 1 fully saturated rings. The lowest BCUT2D eigenvalue weighted by Crippen LogP contribution is -2.40. The van der Waals surface area contributed by atoms with Gasteiger partial charge < -0.3 is 20.1 Å². The first-order chi connectivity index (χ1) is 10.8. The average Bonchev–Trinajstić information content (AvgIpc) is 3.17. The molecule has 0 aliphatic carbocycles. The third-order valence-electron chi connectivity index (χ3n) is 3.43. The van der Waals surface area contributed by atoms with Gasteiger partial charge in [0.25, 0.3) is 0 Å². The Labute approximate surface area is 136 Å². The van der Waals surface area contributed by atoms with Gasteiger partial charge in [0.1, 0.15) is 0 Å². The molecule has 1 unspecified atom stereocenters. The van der Waals surface area contributed by atoms with Gasteiger partial charge in [0.15, 0.2) is 5.96 Å². The molecule has 2 rings (SSSR count). The summed E-state index contributed by atoms with van der Waals surface area (Å²) in [7, 11) is 1.77. The molecule has 0 amide bonds. The summed E-state index contributed by atoms with van der Waals surface area (Å²) < 4.78 is 11.1. The van der Waals surface area contributed by atoms with Crippen molar-refractivity contribution in [1.82, 2.24) is 15.6 Å². The minimum Gasteiger partial charge on any atom is -0.377 e. The largest absolute Gasteiger partial charge is 0.377 e. The number of thiazole rings is 1. The molecule has 0 spiro atoms. The zero-order chi connectivity index (χ0) is 15.6. The molecule has 1 atom stereocenters. The third kappa shape index (κ3) is 6.29. The van der Waals surface area contributed by atoms with Gasteiger partial charge in [0.2, 0.25) is 0 Å². The zero-order valence-corrected chi connectivity index (χ0v) is 14.2. The predicted molar refractivity (Wildman–Crippen MR) is 89.7 cm³/mol. The first-order valence-electron chi connectivity index (χ1n) is 7.83. The molecule has 1 aliphatic heterocycles. The molecule has 2 heterocycles. The summed E-state index contributed by atoms with van der Waals surface area (Å²) in [5, 5.41) is 9.74. The van der Waals surface area contributed by atoms with E-state index in [-0.39, 0.29) is 0 Å². The Bertz CT molecular complexity index is 458. The van der Waals surface area contributed by atoms with Crippen molar-refractivity contribution in [3.8, 4) is 0 Å². The summed E-state index contributed by atoms with van der Waals surface area (Å²) in [5.74, 6) is 0.799. The number of guanidine groups is 1. The van der Waals surface area contributed by atoms with E-state index in [2.05, 4.69) is 26.0 Å². The molecule has 7 heteroatoms. The summed E-state index contributed by atoms with van der Waals surface area (Å²) in [6, 6.07) is 0. The summed E-state index contributed by atoms with van der Waals surface area (Å²) >= 11 is 1.69. The highest BCUT2D eigenvalue weighted by atomic mass is 32.1. The van der Waals surface area contributed by atoms with Crippen LogP contribution < -0.4 is 10.6 Å². The lowest BCUT2D eigenvalue weighted by atomic mass is 10.2. The quantitative estimate of drug-likeness (QED) is 0.429. The maximum absolute atomic E-state index is 5.61. The van der Waals surface area contributed by atoms with E-state index >= 15 is 0 Å². The van der Waals surface area contributed by atoms with E-state index < -0.39 is 0 Å². The number of nitrogens with one attached hydrogen (secondary N) is 2. The summed E-state index contributed by atoms with van der Waals surface area (Å²) in [4.78, 5) is 8.64. The number of aromatic nitrogens is 1. The Hall–Kier alpha value is -1.18. The lowest BCUT2D eigenvalue weighted by molar-refractivity contribution is 0.0191. The Kier molecular flexibility index (Phi) is 7.62. The van der Waals surface area contributed by atoms with Crippen LogP contribution in [-0.2, 0) is 15.9 Å². The van der Waals surface area contributed by atoms with Crippen molar-refractivity contribution in [2.45, 2.75) is 32.3 Å². The van der Waals surface area contributed by atoms with Crippen molar-refractivity contribution in [1.29, 1.82) is 0 Å². The van der Waals surface area contributed by atoms with Crippen LogP contribution in [0.1, 0.15) is 23.5 Å². The van der Waals surface area contributed by atoms with E-state index in [0.29, 0.717) is 19.3 Å². The van der Waals surface area contributed by atoms with Crippen LogP contribution in [0.25, 0.3) is 0 Å². The standard InChI is InChI=1S/C15H26N4O2S/c1-12-19-13(11-22-12)5-6-17-15(16-2)18-7-9-20-10-14-4-3-8-21-14/h11,14H,3-10H2,1-2H3,(H2,16,17,18). The maximum Gasteiger partial charge on any atom is 0.191 e. The fourth-order valence-corrected chi connectivity index (χ4v) is 2.93. The van der Waals surface area contributed by atoms with Crippen molar-refractivity contribution in [3.63, 3.8) is 0 Å². The highest BCUT2D eigenvalue weighted by molar-refractivity contribution is 7.09.